The number of carbonyl (C=O) groups excluding carboxylic acids is 1. The minimum Gasteiger partial charge on any atom is -0.377 e. The molecule has 1 aliphatic rings. The topological polar surface area (TPSA) is 102 Å². The van der Waals surface area contributed by atoms with Crippen LogP contribution in [0.1, 0.15) is 34.6 Å². The van der Waals surface area contributed by atoms with Crippen LogP contribution >= 0.6 is 0 Å². The fourth-order valence-corrected chi connectivity index (χ4v) is 3.89. The van der Waals surface area contributed by atoms with E-state index in [9.17, 15) is 9.59 Å². The fraction of sp³-hybridized carbons (Fsp3) is 0.304. The molecule has 1 saturated heterocycles. The van der Waals surface area contributed by atoms with E-state index in [0.717, 1.165) is 49.4 Å². The summed E-state index contributed by atoms with van der Waals surface area (Å²) in [5, 5.41) is 6.24. The molecule has 0 bridgehead atoms. The van der Waals surface area contributed by atoms with E-state index in [2.05, 4.69) is 20.6 Å². The minimum atomic E-state index is -0.412. The molecule has 0 saturated carbocycles. The highest BCUT2D eigenvalue weighted by Crippen LogP contribution is 2.12. The molecule has 0 unspecified atom stereocenters. The lowest BCUT2D eigenvalue weighted by molar-refractivity contribution is 0.0945. The molecule has 5 heterocycles. The van der Waals surface area contributed by atoms with Crippen molar-refractivity contribution in [2.75, 3.05) is 13.2 Å². The van der Waals surface area contributed by atoms with Crippen molar-refractivity contribution in [2.24, 2.45) is 0 Å². The first-order valence-corrected chi connectivity index (χ1v) is 10.7. The van der Waals surface area contributed by atoms with Gasteiger partial charge in [0.1, 0.15) is 17.0 Å². The zero-order chi connectivity index (χ0) is 21.9. The molecular weight excluding hydrogens is 408 g/mol. The standard InChI is InChI=1S/C23H24N6O3/c30-22-10-19(27-21-5-1-2-8-29(21)22)23(31)25-12-17-15-28-14-16(6-7-20(28)26-17)11-24-13-18-4-3-9-32-18/h1-2,5-8,10,14-15,18,24H,3-4,9,11-13H2,(H,25,31)/t18-/m1/s1. The number of nitrogens with one attached hydrogen (secondary N) is 2. The van der Waals surface area contributed by atoms with Crippen LogP contribution in [-0.2, 0) is 17.8 Å². The number of ether oxygens (including phenoxy) is 1. The SMILES string of the molecule is O=C(NCc1cn2cc(CNC[C@H]3CCCO3)ccc2n1)c1cc(=O)n2ccccc2n1. The molecule has 9 nitrogen and oxygen atoms in total. The van der Waals surface area contributed by atoms with Gasteiger partial charge in [0, 0.05) is 44.4 Å². The first-order chi connectivity index (χ1) is 15.7. The maximum atomic E-state index is 12.5. The fourth-order valence-electron chi connectivity index (χ4n) is 3.89. The second-order valence-electron chi connectivity index (χ2n) is 7.89. The van der Waals surface area contributed by atoms with E-state index < -0.39 is 5.91 Å². The summed E-state index contributed by atoms with van der Waals surface area (Å²) in [7, 11) is 0. The number of rotatable bonds is 7. The Bertz CT molecular complexity index is 1320. The van der Waals surface area contributed by atoms with Crippen molar-refractivity contribution in [2.45, 2.75) is 32.0 Å². The molecular formula is C23H24N6O3. The number of aromatic nitrogens is 4. The van der Waals surface area contributed by atoms with Gasteiger partial charge in [0.25, 0.3) is 11.5 Å². The van der Waals surface area contributed by atoms with Gasteiger partial charge in [-0.2, -0.15) is 0 Å². The summed E-state index contributed by atoms with van der Waals surface area (Å²) < 4.78 is 8.98. The van der Waals surface area contributed by atoms with E-state index in [0.29, 0.717) is 11.8 Å². The number of carbonyl (C=O) groups is 1. The van der Waals surface area contributed by atoms with Gasteiger partial charge in [-0.15, -0.1) is 0 Å². The van der Waals surface area contributed by atoms with Gasteiger partial charge in [0.05, 0.1) is 18.3 Å². The van der Waals surface area contributed by atoms with Gasteiger partial charge in [-0.25, -0.2) is 9.97 Å². The number of hydrogen-bond donors (Lipinski definition) is 2. The van der Waals surface area contributed by atoms with E-state index in [1.807, 2.05) is 28.9 Å². The minimum absolute atomic E-state index is 0.0876. The molecule has 0 aromatic carbocycles. The van der Waals surface area contributed by atoms with E-state index in [-0.39, 0.29) is 17.8 Å². The molecule has 164 valence electrons. The second-order valence-corrected chi connectivity index (χ2v) is 7.89. The average Bonchev–Trinajstić information content (AvgIpc) is 3.47. The highest BCUT2D eigenvalue weighted by atomic mass is 16.5. The van der Waals surface area contributed by atoms with Crippen molar-refractivity contribution in [3.63, 3.8) is 0 Å². The quantitative estimate of drug-likeness (QED) is 0.459. The molecule has 9 heteroatoms. The summed E-state index contributed by atoms with van der Waals surface area (Å²) in [4.78, 5) is 33.5. The third-order valence-corrected chi connectivity index (χ3v) is 5.52. The van der Waals surface area contributed by atoms with Gasteiger partial charge in [-0.1, -0.05) is 12.1 Å². The van der Waals surface area contributed by atoms with Gasteiger partial charge in [0.15, 0.2) is 0 Å². The predicted molar refractivity (Wildman–Crippen MR) is 119 cm³/mol. The Morgan fingerprint density at radius 3 is 2.94 bits per heavy atom. The highest BCUT2D eigenvalue weighted by molar-refractivity contribution is 5.92. The maximum Gasteiger partial charge on any atom is 0.270 e. The summed E-state index contributed by atoms with van der Waals surface area (Å²) in [6.07, 6.45) is 8.11. The summed E-state index contributed by atoms with van der Waals surface area (Å²) >= 11 is 0. The molecule has 2 N–H and O–H groups in total. The van der Waals surface area contributed by atoms with Crippen LogP contribution in [-0.4, -0.2) is 43.9 Å². The molecule has 1 fully saturated rings. The van der Waals surface area contributed by atoms with Crippen molar-refractivity contribution in [3.8, 4) is 0 Å². The summed E-state index contributed by atoms with van der Waals surface area (Å²) in [6.45, 7) is 2.71. The second kappa shape index (κ2) is 8.89. The Balaban J connectivity index is 1.22. The lowest BCUT2D eigenvalue weighted by Crippen LogP contribution is -2.27. The van der Waals surface area contributed by atoms with Crippen LogP contribution in [0.5, 0.6) is 0 Å². The monoisotopic (exact) mass is 432 g/mol. The molecule has 0 radical (unpaired) electrons. The number of nitrogens with zero attached hydrogens (tertiary/aromatic N) is 4. The van der Waals surface area contributed by atoms with E-state index in [1.54, 1.807) is 24.4 Å². The van der Waals surface area contributed by atoms with Gasteiger partial charge >= 0.3 is 0 Å². The van der Waals surface area contributed by atoms with Gasteiger partial charge in [-0.05, 0) is 36.6 Å². The Hall–Kier alpha value is -3.56. The van der Waals surface area contributed by atoms with Crippen LogP contribution in [0.3, 0.4) is 0 Å². The van der Waals surface area contributed by atoms with Crippen LogP contribution in [0.2, 0.25) is 0 Å². The lowest BCUT2D eigenvalue weighted by Gasteiger charge is -2.10. The summed E-state index contributed by atoms with van der Waals surface area (Å²) in [6, 6.07) is 10.4. The normalized spacial score (nSPS) is 16.1. The van der Waals surface area contributed by atoms with Gasteiger partial charge < -0.3 is 19.8 Å². The van der Waals surface area contributed by atoms with E-state index in [4.69, 9.17) is 4.74 Å². The maximum absolute atomic E-state index is 12.5. The van der Waals surface area contributed by atoms with Crippen molar-refractivity contribution >= 4 is 17.2 Å². The molecule has 0 aliphatic carbocycles. The molecule has 0 spiro atoms. The molecule has 1 atom stereocenters. The van der Waals surface area contributed by atoms with Crippen LogP contribution in [0.15, 0.2) is 59.8 Å². The lowest BCUT2D eigenvalue weighted by atomic mass is 10.2. The zero-order valence-corrected chi connectivity index (χ0v) is 17.5. The summed E-state index contributed by atoms with van der Waals surface area (Å²) in [5.41, 5.74) is 2.89. The summed E-state index contributed by atoms with van der Waals surface area (Å²) in [5.74, 6) is -0.412. The zero-order valence-electron chi connectivity index (χ0n) is 17.5. The molecule has 5 rings (SSSR count). The largest absolute Gasteiger partial charge is 0.377 e. The number of fused-ring (bicyclic) bond motifs is 2. The van der Waals surface area contributed by atoms with Gasteiger partial charge in [-0.3, -0.25) is 14.0 Å². The Kier molecular flexibility index (Phi) is 5.66. The van der Waals surface area contributed by atoms with Crippen molar-refractivity contribution in [1.82, 2.24) is 29.4 Å². The molecule has 1 amide bonds. The van der Waals surface area contributed by atoms with Crippen LogP contribution in [0.25, 0.3) is 11.3 Å². The average molecular weight is 432 g/mol. The Morgan fingerprint density at radius 2 is 2.06 bits per heavy atom. The van der Waals surface area contributed by atoms with E-state index in [1.165, 1.54) is 10.5 Å². The number of imidazole rings is 1. The first-order valence-electron chi connectivity index (χ1n) is 10.7. The molecule has 1 aliphatic heterocycles. The predicted octanol–water partition coefficient (Wildman–Crippen LogP) is 1.54. The van der Waals surface area contributed by atoms with Crippen molar-refractivity contribution in [3.05, 3.63) is 82.3 Å². The molecule has 4 aromatic rings. The molecule has 4 aromatic heterocycles. The third kappa shape index (κ3) is 4.39. The highest BCUT2D eigenvalue weighted by Gasteiger charge is 2.15. The smallest absolute Gasteiger partial charge is 0.270 e. The Morgan fingerprint density at radius 1 is 1.12 bits per heavy atom. The van der Waals surface area contributed by atoms with Crippen molar-refractivity contribution in [1.29, 1.82) is 0 Å². The van der Waals surface area contributed by atoms with Crippen LogP contribution < -0.4 is 16.2 Å². The van der Waals surface area contributed by atoms with Crippen LogP contribution in [0.4, 0.5) is 0 Å². The third-order valence-electron chi connectivity index (χ3n) is 5.52. The number of hydrogen-bond acceptors (Lipinski definition) is 6. The number of pyridine rings is 2. The number of amides is 1. The van der Waals surface area contributed by atoms with E-state index >= 15 is 0 Å². The molecule has 32 heavy (non-hydrogen) atoms. The van der Waals surface area contributed by atoms with Crippen molar-refractivity contribution < 1.29 is 9.53 Å². The van der Waals surface area contributed by atoms with Crippen LogP contribution in [0, 0.1) is 0 Å². The Labute approximate surface area is 184 Å². The first kappa shape index (κ1) is 20.3. The van der Waals surface area contributed by atoms with Gasteiger partial charge in [0.2, 0.25) is 0 Å².